The van der Waals surface area contributed by atoms with Crippen molar-refractivity contribution in [2.45, 2.75) is 13.0 Å². The van der Waals surface area contributed by atoms with E-state index in [2.05, 4.69) is 33.3 Å². The number of halogens is 1. The third-order valence-corrected chi connectivity index (χ3v) is 3.25. The summed E-state index contributed by atoms with van der Waals surface area (Å²) < 4.78 is 8.15. The monoisotopic (exact) mass is 309 g/mol. The van der Waals surface area contributed by atoms with Gasteiger partial charge in [-0.3, -0.25) is 4.68 Å². The minimum absolute atomic E-state index is 0.168. The maximum atomic E-state index is 5.34. The number of ether oxygens (including phenoxy) is 1. The Kier molecular flexibility index (Phi) is 3.91. The third-order valence-electron chi connectivity index (χ3n) is 2.76. The molecule has 2 rings (SSSR count). The van der Waals surface area contributed by atoms with Crippen molar-refractivity contribution in [3.05, 3.63) is 40.6 Å². The van der Waals surface area contributed by atoms with Crippen molar-refractivity contribution in [2.24, 2.45) is 7.05 Å². The summed E-state index contributed by atoms with van der Waals surface area (Å²) >= 11 is 3.46. The summed E-state index contributed by atoms with van der Waals surface area (Å²) in [5.41, 5.74) is 2.10. The quantitative estimate of drug-likeness (QED) is 0.941. The summed E-state index contributed by atoms with van der Waals surface area (Å²) in [6, 6.07) is 6.06. The van der Waals surface area contributed by atoms with Crippen molar-refractivity contribution in [1.29, 1.82) is 0 Å². The number of hydrogen-bond donors (Lipinski definition) is 1. The highest BCUT2D eigenvalue weighted by Gasteiger charge is 2.10. The summed E-state index contributed by atoms with van der Waals surface area (Å²) in [5, 5.41) is 7.60. The number of anilines is 1. The molecular weight excluding hydrogens is 294 g/mol. The Labute approximate surface area is 115 Å². The smallest absolute Gasteiger partial charge is 0.142 e. The number of benzene rings is 1. The van der Waals surface area contributed by atoms with Crippen LogP contribution in [0.1, 0.15) is 18.5 Å². The minimum Gasteiger partial charge on any atom is -0.495 e. The maximum absolute atomic E-state index is 5.34. The van der Waals surface area contributed by atoms with Gasteiger partial charge in [-0.15, -0.1) is 0 Å². The van der Waals surface area contributed by atoms with Crippen LogP contribution in [0.5, 0.6) is 5.75 Å². The van der Waals surface area contributed by atoms with E-state index >= 15 is 0 Å². The zero-order chi connectivity index (χ0) is 13.1. The molecule has 1 aromatic carbocycles. The molecule has 1 aromatic heterocycles. The summed E-state index contributed by atoms with van der Waals surface area (Å²) in [5.74, 6) is 0.828. The van der Waals surface area contributed by atoms with E-state index in [0.29, 0.717) is 0 Å². The van der Waals surface area contributed by atoms with Crippen LogP contribution >= 0.6 is 15.9 Å². The normalized spacial score (nSPS) is 12.2. The van der Waals surface area contributed by atoms with Crippen molar-refractivity contribution in [1.82, 2.24) is 9.78 Å². The molecular formula is C13H16BrN3O. The zero-order valence-electron chi connectivity index (χ0n) is 10.6. The first kappa shape index (κ1) is 13.0. The van der Waals surface area contributed by atoms with Crippen molar-refractivity contribution in [3.63, 3.8) is 0 Å². The highest BCUT2D eigenvalue weighted by atomic mass is 79.9. The van der Waals surface area contributed by atoms with E-state index in [-0.39, 0.29) is 6.04 Å². The lowest BCUT2D eigenvalue weighted by Gasteiger charge is -2.16. The van der Waals surface area contributed by atoms with Crippen LogP contribution < -0.4 is 10.1 Å². The van der Waals surface area contributed by atoms with Crippen LogP contribution in [0.4, 0.5) is 5.69 Å². The van der Waals surface area contributed by atoms with Gasteiger partial charge in [-0.05, 0) is 25.1 Å². The molecule has 0 saturated carbocycles. The standard InChI is InChI=1S/C13H16BrN3O/c1-9(10-7-15-17(2)8-10)16-12-6-11(14)4-5-13(12)18-3/h4-9,16H,1-3H3. The van der Waals surface area contributed by atoms with Gasteiger partial charge in [0.2, 0.25) is 0 Å². The second-order valence-electron chi connectivity index (χ2n) is 4.16. The first-order valence-corrected chi connectivity index (χ1v) is 6.48. The van der Waals surface area contributed by atoms with E-state index in [1.54, 1.807) is 11.8 Å². The van der Waals surface area contributed by atoms with Crippen LogP contribution in [-0.2, 0) is 7.05 Å². The molecule has 96 valence electrons. The summed E-state index contributed by atoms with van der Waals surface area (Å²) in [7, 11) is 3.58. The van der Waals surface area contributed by atoms with Gasteiger partial charge < -0.3 is 10.1 Å². The topological polar surface area (TPSA) is 39.1 Å². The van der Waals surface area contributed by atoms with Crippen molar-refractivity contribution < 1.29 is 4.74 Å². The molecule has 2 aromatic rings. The molecule has 0 aliphatic rings. The van der Waals surface area contributed by atoms with Gasteiger partial charge in [-0.25, -0.2) is 0 Å². The largest absolute Gasteiger partial charge is 0.495 e. The summed E-state index contributed by atoms with van der Waals surface area (Å²) in [6.45, 7) is 2.09. The average molecular weight is 310 g/mol. The second kappa shape index (κ2) is 5.44. The van der Waals surface area contributed by atoms with E-state index < -0.39 is 0 Å². The molecule has 1 N–H and O–H groups in total. The van der Waals surface area contributed by atoms with Crippen LogP contribution in [0, 0.1) is 0 Å². The molecule has 1 heterocycles. The molecule has 18 heavy (non-hydrogen) atoms. The fraction of sp³-hybridized carbons (Fsp3) is 0.308. The lowest BCUT2D eigenvalue weighted by atomic mass is 10.1. The maximum Gasteiger partial charge on any atom is 0.142 e. The zero-order valence-corrected chi connectivity index (χ0v) is 12.2. The number of rotatable bonds is 4. The number of nitrogens with one attached hydrogen (secondary N) is 1. The lowest BCUT2D eigenvalue weighted by molar-refractivity contribution is 0.416. The number of methoxy groups -OCH3 is 1. The molecule has 0 spiro atoms. The van der Waals surface area contributed by atoms with E-state index in [9.17, 15) is 0 Å². The Morgan fingerprint density at radius 3 is 2.83 bits per heavy atom. The number of nitrogens with zero attached hydrogens (tertiary/aromatic N) is 2. The Morgan fingerprint density at radius 1 is 1.44 bits per heavy atom. The minimum atomic E-state index is 0.168. The molecule has 0 aliphatic heterocycles. The van der Waals surface area contributed by atoms with Gasteiger partial charge in [0.15, 0.2) is 0 Å². The van der Waals surface area contributed by atoms with E-state index in [4.69, 9.17) is 4.74 Å². The summed E-state index contributed by atoms with van der Waals surface area (Å²) in [4.78, 5) is 0. The van der Waals surface area contributed by atoms with E-state index in [1.807, 2.05) is 37.6 Å². The SMILES string of the molecule is COc1ccc(Br)cc1NC(C)c1cnn(C)c1. The van der Waals surface area contributed by atoms with Crippen LogP contribution in [0.25, 0.3) is 0 Å². The van der Waals surface area contributed by atoms with E-state index in [0.717, 1.165) is 21.5 Å². The Balaban J connectivity index is 2.20. The van der Waals surface area contributed by atoms with Crippen molar-refractivity contribution in [3.8, 4) is 5.75 Å². The molecule has 1 unspecified atom stereocenters. The highest BCUT2D eigenvalue weighted by molar-refractivity contribution is 9.10. The van der Waals surface area contributed by atoms with Crippen LogP contribution in [0.3, 0.4) is 0 Å². The fourth-order valence-electron chi connectivity index (χ4n) is 1.77. The van der Waals surface area contributed by atoms with Crippen LogP contribution in [0.15, 0.2) is 35.1 Å². The van der Waals surface area contributed by atoms with Crippen molar-refractivity contribution in [2.75, 3.05) is 12.4 Å². The van der Waals surface area contributed by atoms with Gasteiger partial charge in [0.05, 0.1) is 25.0 Å². The fourth-order valence-corrected chi connectivity index (χ4v) is 2.13. The Bertz CT molecular complexity index is 539. The molecule has 4 nitrogen and oxygen atoms in total. The van der Waals surface area contributed by atoms with Crippen LogP contribution in [-0.4, -0.2) is 16.9 Å². The molecule has 0 fully saturated rings. The van der Waals surface area contributed by atoms with Crippen molar-refractivity contribution >= 4 is 21.6 Å². The first-order chi connectivity index (χ1) is 8.60. The number of aromatic nitrogens is 2. The van der Waals surface area contributed by atoms with Gasteiger partial charge in [-0.2, -0.15) is 5.10 Å². The molecule has 0 amide bonds. The highest BCUT2D eigenvalue weighted by Crippen LogP contribution is 2.30. The number of hydrogen-bond acceptors (Lipinski definition) is 3. The summed E-state index contributed by atoms with van der Waals surface area (Å²) in [6.07, 6.45) is 3.87. The predicted octanol–water partition coefficient (Wildman–Crippen LogP) is 3.36. The van der Waals surface area contributed by atoms with Gasteiger partial charge in [0.25, 0.3) is 0 Å². The number of aryl methyl sites for hydroxylation is 1. The lowest BCUT2D eigenvalue weighted by Crippen LogP contribution is -2.07. The third kappa shape index (κ3) is 2.85. The average Bonchev–Trinajstić information content (AvgIpc) is 2.76. The second-order valence-corrected chi connectivity index (χ2v) is 5.07. The molecule has 0 saturated heterocycles. The molecule has 0 radical (unpaired) electrons. The van der Waals surface area contributed by atoms with E-state index in [1.165, 1.54) is 0 Å². The Morgan fingerprint density at radius 2 is 2.22 bits per heavy atom. The van der Waals surface area contributed by atoms with Crippen LogP contribution in [0.2, 0.25) is 0 Å². The first-order valence-electron chi connectivity index (χ1n) is 5.69. The van der Waals surface area contributed by atoms with Gasteiger partial charge in [0.1, 0.15) is 5.75 Å². The molecule has 1 atom stereocenters. The van der Waals surface area contributed by atoms with Gasteiger partial charge in [0, 0.05) is 23.3 Å². The van der Waals surface area contributed by atoms with Gasteiger partial charge in [-0.1, -0.05) is 15.9 Å². The molecule has 0 bridgehead atoms. The molecule has 0 aliphatic carbocycles. The Hall–Kier alpha value is -1.49. The molecule has 5 heteroatoms. The predicted molar refractivity (Wildman–Crippen MR) is 75.9 cm³/mol. The van der Waals surface area contributed by atoms with Gasteiger partial charge >= 0.3 is 0 Å².